The highest BCUT2D eigenvalue weighted by Gasteiger charge is 2.21. The summed E-state index contributed by atoms with van der Waals surface area (Å²) >= 11 is 0. The summed E-state index contributed by atoms with van der Waals surface area (Å²) in [5, 5.41) is 3.95. The Bertz CT molecular complexity index is 486. The lowest BCUT2D eigenvalue weighted by atomic mass is 10.1. The van der Waals surface area contributed by atoms with E-state index >= 15 is 0 Å². The first-order valence-corrected chi connectivity index (χ1v) is 6.65. The summed E-state index contributed by atoms with van der Waals surface area (Å²) < 4.78 is 30.0. The molecule has 1 aromatic rings. The van der Waals surface area contributed by atoms with Crippen LogP contribution in [-0.2, 0) is 23.8 Å². The van der Waals surface area contributed by atoms with Gasteiger partial charge in [-0.15, -0.1) is 0 Å². The van der Waals surface area contributed by atoms with Gasteiger partial charge in [-0.1, -0.05) is 0 Å². The van der Waals surface area contributed by atoms with Gasteiger partial charge < -0.3 is 5.73 Å². The van der Waals surface area contributed by atoms with E-state index in [-0.39, 0.29) is 6.54 Å². The number of hydrogen-bond donors (Lipinski definition) is 3. The van der Waals surface area contributed by atoms with Crippen molar-refractivity contribution in [3.05, 3.63) is 11.8 Å². The molecule has 0 aliphatic heterocycles. The molecule has 0 bridgehead atoms. The van der Waals surface area contributed by atoms with E-state index in [1.165, 1.54) is 10.9 Å². The Balaban J connectivity index is 2.94. The predicted molar refractivity (Wildman–Crippen MR) is 66.5 cm³/mol. The fourth-order valence-corrected chi connectivity index (χ4v) is 2.69. The maximum atomic E-state index is 11.8. The van der Waals surface area contributed by atoms with E-state index in [0.29, 0.717) is 11.4 Å². The van der Waals surface area contributed by atoms with Gasteiger partial charge in [-0.05, 0) is 20.8 Å². The van der Waals surface area contributed by atoms with Crippen molar-refractivity contribution in [2.24, 2.45) is 12.8 Å². The van der Waals surface area contributed by atoms with E-state index in [1.54, 1.807) is 27.8 Å². The van der Waals surface area contributed by atoms with Gasteiger partial charge in [0.2, 0.25) is 0 Å². The summed E-state index contributed by atoms with van der Waals surface area (Å²) in [6.45, 7) is 5.51. The smallest absolute Gasteiger partial charge is 0.300 e. The van der Waals surface area contributed by atoms with Gasteiger partial charge in [-0.3, -0.25) is 9.40 Å². The van der Waals surface area contributed by atoms with Gasteiger partial charge in [0.25, 0.3) is 0 Å². The standard InChI is InChI=1S/C9H19N5O2S/c1-9(2,3)13-17(15,16)12-8-7(5-10)6-11-14(8)4/h6,12-13H,5,10H2,1-4H3. The molecule has 0 saturated heterocycles. The number of aryl methyl sites for hydroxylation is 1. The van der Waals surface area contributed by atoms with Gasteiger partial charge in [0.1, 0.15) is 5.82 Å². The van der Waals surface area contributed by atoms with Crippen molar-refractivity contribution in [2.45, 2.75) is 32.9 Å². The monoisotopic (exact) mass is 261 g/mol. The zero-order valence-corrected chi connectivity index (χ0v) is 11.3. The Morgan fingerprint density at radius 1 is 1.47 bits per heavy atom. The second-order valence-electron chi connectivity index (χ2n) is 4.80. The summed E-state index contributed by atoms with van der Waals surface area (Å²) in [5.74, 6) is 0.379. The molecule has 0 aliphatic carbocycles. The van der Waals surface area contributed by atoms with Gasteiger partial charge in [0, 0.05) is 24.7 Å². The molecule has 0 aliphatic rings. The number of nitrogens with one attached hydrogen (secondary N) is 2. The Morgan fingerprint density at radius 3 is 2.53 bits per heavy atom. The molecule has 0 saturated carbocycles. The fraction of sp³-hybridized carbons (Fsp3) is 0.667. The van der Waals surface area contributed by atoms with Crippen LogP contribution in [0.3, 0.4) is 0 Å². The normalized spacial score (nSPS) is 12.8. The van der Waals surface area contributed by atoms with Crippen LogP contribution in [0.5, 0.6) is 0 Å². The van der Waals surface area contributed by atoms with Crippen molar-refractivity contribution in [2.75, 3.05) is 4.72 Å². The minimum Gasteiger partial charge on any atom is -0.326 e. The molecule has 17 heavy (non-hydrogen) atoms. The average molecular weight is 261 g/mol. The largest absolute Gasteiger partial charge is 0.326 e. The van der Waals surface area contributed by atoms with Crippen molar-refractivity contribution in [3.63, 3.8) is 0 Å². The highest BCUT2D eigenvalue weighted by molar-refractivity contribution is 7.90. The first-order chi connectivity index (χ1) is 7.64. The molecule has 1 heterocycles. The lowest BCUT2D eigenvalue weighted by Gasteiger charge is -2.21. The van der Waals surface area contributed by atoms with Crippen molar-refractivity contribution in [1.29, 1.82) is 0 Å². The molecule has 0 unspecified atom stereocenters. The van der Waals surface area contributed by atoms with E-state index in [9.17, 15) is 8.42 Å². The summed E-state index contributed by atoms with van der Waals surface area (Å²) in [6, 6.07) is 0. The van der Waals surface area contributed by atoms with Crippen LogP contribution >= 0.6 is 0 Å². The number of nitrogens with zero attached hydrogens (tertiary/aromatic N) is 2. The van der Waals surface area contributed by atoms with E-state index in [2.05, 4.69) is 14.5 Å². The van der Waals surface area contributed by atoms with E-state index < -0.39 is 15.7 Å². The number of nitrogens with two attached hydrogens (primary N) is 1. The molecular weight excluding hydrogens is 242 g/mol. The van der Waals surface area contributed by atoms with Gasteiger partial charge in [0.15, 0.2) is 0 Å². The molecule has 0 spiro atoms. The Morgan fingerprint density at radius 2 is 2.06 bits per heavy atom. The van der Waals surface area contributed by atoms with Crippen molar-refractivity contribution in [1.82, 2.24) is 14.5 Å². The molecular formula is C9H19N5O2S. The van der Waals surface area contributed by atoms with Crippen LogP contribution in [0.1, 0.15) is 26.3 Å². The molecule has 0 amide bonds. The number of rotatable bonds is 4. The van der Waals surface area contributed by atoms with Crippen LogP contribution in [0.15, 0.2) is 6.20 Å². The van der Waals surface area contributed by atoms with Crippen LogP contribution in [0, 0.1) is 0 Å². The Kier molecular flexibility index (Phi) is 3.80. The van der Waals surface area contributed by atoms with Crippen LogP contribution in [-0.4, -0.2) is 23.7 Å². The van der Waals surface area contributed by atoms with Gasteiger partial charge in [0.05, 0.1) is 6.20 Å². The lowest BCUT2D eigenvalue weighted by molar-refractivity contribution is 0.494. The first-order valence-electron chi connectivity index (χ1n) is 5.17. The molecule has 0 radical (unpaired) electrons. The summed E-state index contributed by atoms with van der Waals surface area (Å²) in [4.78, 5) is 0. The lowest BCUT2D eigenvalue weighted by Crippen LogP contribution is -2.44. The fourth-order valence-electron chi connectivity index (χ4n) is 1.32. The van der Waals surface area contributed by atoms with Gasteiger partial charge in [-0.2, -0.15) is 18.2 Å². The third-order valence-electron chi connectivity index (χ3n) is 1.91. The topological polar surface area (TPSA) is 102 Å². The zero-order chi connectivity index (χ0) is 13.3. The molecule has 0 fully saturated rings. The molecule has 0 atom stereocenters. The molecule has 98 valence electrons. The minimum atomic E-state index is -3.63. The van der Waals surface area contributed by atoms with E-state index in [4.69, 9.17) is 5.73 Å². The quantitative estimate of drug-likeness (QED) is 0.705. The molecule has 7 nitrogen and oxygen atoms in total. The molecule has 1 rings (SSSR count). The Hall–Kier alpha value is -1.12. The first kappa shape index (κ1) is 13.9. The highest BCUT2D eigenvalue weighted by atomic mass is 32.2. The SMILES string of the molecule is Cn1ncc(CN)c1NS(=O)(=O)NC(C)(C)C. The van der Waals surface area contributed by atoms with E-state index in [0.717, 1.165) is 0 Å². The second kappa shape index (κ2) is 4.63. The van der Waals surface area contributed by atoms with Crippen molar-refractivity contribution >= 4 is 16.0 Å². The maximum absolute atomic E-state index is 11.8. The molecule has 4 N–H and O–H groups in total. The summed E-state index contributed by atoms with van der Waals surface area (Å²) in [7, 11) is -1.99. The molecule has 1 aromatic heterocycles. The van der Waals surface area contributed by atoms with Crippen molar-refractivity contribution in [3.8, 4) is 0 Å². The summed E-state index contributed by atoms with van der Waals surface area (Å²) in [6.07, 6.45) is 1.54. The summed E-state index contributed by atoms with van der Waals surface area (Å²) in [5.41, 5.74) is 5.60. The number of hydrogen-bond acceptors (Lipinski definition) is 4. The van der Waals surface area contributed by atoms with Crippen molar-refractivity contribution < 1.29 is 8.42 Å². The third kappa shape index (κ3) is 3.99. The molecule has 8 heteroatoms. The van der Waals surface area contributed by atoms with Crippen LogP contribution < -0.4 is 15.2 Å². The third-order valence-corrected chi connectivity index (χ3v) is 3.25. The molecule has 0 aromatic carbocycles. The second-order valence-corrected chi connectivity index (χ2v) is 6.22. The zero-order valence-electron chi connectivity index (χ0n) is 10.5. The number of aromatic nitrogens is 2. The highest BCUT2D eigenvalue weighted by Crippen LogP contribution is 2.15. The van der Waals surface area contributed by atoms with Crippen LogP contribution in [0.4, 0.5) is 5.82 Å². The van der Waals surface area contributed by atoms with Gasteiger partial charge >= 0.3 is 10.2 Å². The maximum Gasteiger partial charge on any atom is 0.300 e. The Labute approximate surface area is 102 Å². The van der Waals surface area contributed by atoms with E-state index in [1.807, 2.05) is 0 Å². The number of anilines is 1. The minimum absolute atomic E-state index is 0.223. The van der Waals surface area contributed by atoms with Crippen LogP contribution in [0.2, 0.25) is 0 Å². The average Bonchev–Trinajstić information content (AvgIpc) is 2.43. The van der Waals surface area contributed by atoms with Gasteiger partial charge in [-0.25, -0.2) is 0 Å². The van der Waals surface area contributed by atoms with Crippen LogP contribution in [0.25, 0.3) is 0 Å². The predicted octanol–water partition coefficient (Wildman–Crippen LogP) is -0.0764.